The highest BCUT2D eigenvalue weighted by atomic mass is 16.5. The van der Waals surface area contributed by atoms with E-state index in [2.05, 4.69) is 51.8 Å². The fraction of sp³-hybridized carbons (Fsp3) is 0.733. The molecule has 1 N–H and O–H groups in total. The van der Waals surface area contributed by atoms with E-state index in [4.69, 9.17) is 9.72 Å². The normalized spacial score (nSPS) is 13.4. The second-order valence-corrected chi connectivity index (χ2v) is 5.87. The van der Waals surface area contributed by atoms with Gasteiger partial charge in [-0.25, -0.2) is 9.97 Å². The summed E-state index contributed by atoms with van der Waals surface area (Å²) in [5.74, 6) is 1.70. The summed E-state index contributed by atoms with van der Waals surface area (Å²) in [6.07, 6.45) is 0.802. The van der Waals surface area contributed by atoms with Crippen LogP contribution in [0.5, 0.6) is 0 Å². The van der Waals surface area contributed by atoms with Crippen molar-refractivity contribution < 1.29 is 4.74 Å². The number of hydrogen-bond donors (Lipinski definition) is 1. The second kappa shape index (κ2) is 6.33. The summed E-state index contributed by atoms with van der Waals surface area (Å²) in [5, 5.41) is 3.31. The lowest BCUT2D eigenvalue weighted by Gasteiger charge is -2.29. The maximum atomic E-state index is 5.62. The molecule has 0 aromatic carbocycles. The fourth-order valence-corrected chi connectivity index (χ4v) is 2.23. The molecular formula is C15H27N3O. The van der Waals surface area contributed by atoms with E-state index in [1.54, 1.807) is 7.11 Å². The van der Waals surface area contributed by atoms with E-state index in [1.807, 2.05) is 0 Å². The van der Waals surface area contributed by atoms with Gasteiger partial charge in [0.1, 0.15) is 11.9 Å². The monoisotopic (exact) mass is 265 g/mol. The highest BCUT2D eigenvalue weighted by Crippen LogP contribution is 2.34. The molecule has 0 aliphatic heterocycles. The quantitative estimate of drug-likeness (QED) is 0.885. The van der Waals surface area contributed by atoms with Crippen molar-refractivity contribution in [3.8, 4) is 0 Å². The van der Waals surface area contributed by atoms with Crippen LogP contribution in [0.1, 0.15) is 57.8 Å². The number of nitrogens with zero attached hydrogens (tertiary/aromatic N) is 2. The van der Waals surface area contributed by atoms with Crippen LogP contribution in [0.2, 0.25) is 0 Å². The molecule has 108 valence electrons. The fourth-order valence-electron chi connectivity index (χ4n) is 2.23. The summed E-state index contributed by atoms with van der Waals surface area (Å²) in [6, 6.07) is 0. The molecule has 1 heterocycles. The lowest BCUT2D eigenvalue weighted by atomic mass is 9.88. The molecule has 0 fully saturated rings. The van der Waals surface area contributed by atoms with Crippen LogP contribution in [0.15, 0.2) is 0 Å². The Morgan fingerprint density at radius 2 is 1.84 bits per heavy atom. The first-order valence-electron chi connectivity index (χ1n) is 6.99. The SMILES string of the molecule is CCNc1nc(C(OC)C(C)(C)C)nc(CC)c1C. The van der Waals surface area contributed by atoms with Crippen LogP contribution in [-0.2, 0) is 11.2 Å². The molecule has 0 aliphatic rings. The van der Waals surface area contributed by atoms with E-state index < -0.39 is 0 Å². The third kappa shape index (κ3) is 3.66. The van der Waals surface area contributed by atoms with Gasteiger partial charge in [-0.15, -0.1) is 0 Å². The van der Waals surface area contributed by atoms with Crippen LogP contribution in [0.25, 0.3) is 0 Å². The number of ether oxygens (including phenoxy) is 1. The number of aromatic nitrogens is 2. The van der Waals surface area contributed by atoms with Crippen LogP contribution in [0.4, 0.5) is 5.82 Å². The predicted molar refractivity (Wildman–Crippen MR) is 79.5 cm³/mol. The average Bonchev–Trinajstić information content (AvgIpc) is 2.32. The zero-order valence-corrected chi connectivity index (χ0v) is 13.3. The molecule has 0 saturated carbocycles. The minimum Gasteiger partial charge on any atom is -0.373 e. The second-order valence-electron chi connectivity index (χ2n) is 5.87. The van der Waals surface area contributed by atoms with E-state index in [-0.39, 0.29) is 11.5 Å². The van der Waals surface area contributed by atoms with Crippen molar-refractivity contribution >= 4 is 5.82 Å². The summed E-state index contributed by atoms with van der Waals surface area (Å²) < 4.78 is 5.62. The molecule has 0 bridgehead atoms. The van der Waals surface area contributed by atoms with Gasteiger partial charge in [0.15, 0.2) is 5.82 Å². The summed E-state index contributed by atoms with van der Waals surface area (Å²) >= 11 is 0. The van der Waals surface area contributed by atoms with Gasteiger partial charge in [0.05, 0.1) is 0 Å². The van der Waals surface area contributed by atoms with Crippen molar-refractivity contribution in [2.75, 3.05) is 19.0 Å². The first-order chi connectivity index (χ1) is 8.85. The van der Waals surface area contributed by atoms with E-state index >= 15 is 0 Å². The number of rotatable bonds is 5. The van der Waals surface area contributed by atoms with Crippen LogP contribution in [0, 0.1) is 12.3 Å². The van der Waals surface area contributed by atoms with Gasteiger partial charge in [0, 0.05) is 24.9 Å². The lowest BCUT2D eigenvalue weighted by Crippen LogP contribution is -2.24. The van der Waals surface area contributed by atoms with Crippen molar-refractivity contribution in [3.05, 3.63) is 17.1 Å². The minimum atomic E-state index is -0.101. The van der Waals surface area contributed by atoms with Crippen molar-refractivity contribution in [1.82, 2.24) is 9.97 Å². The number of methoxy groups -OCH3 is 1. The number of anilines is 1. The Morgan fingerprint density at radius 3 is 2.26 bits per heavy atom. The maximum absolute atomic E-state index is 5.62. The third-order valence-electron chi connectivity index (χ3n) is 3.20. The first kappa shape index (κ1) is 15.9. The Hall–Kier alpha value is -1.16. The molecule has 0 radical (unpaired) electrons. The molecule has 0 amide bonds. The smallest absolute Gasteiger partial charge is 0.160 e. The first-order valence-corrected chi connectivity index (χ1v) is 6.99. The van der Waals surface area contributed by atoms with Crippen LogP contribution < -0.4 is 5.32 Å². The third-order valence-corrected chi connectivity index (χ3v) is 3.20. The Kier molecular flexibility index (Phi) is 5.29. The van der Waals surface area contributed by atoms with Crippen molar-refractivity contribution in [3.63, 3.8) is 0 Å². The highest BCUT2D eigenvalue weighted by molar-refractivity contribution is 5.46. The van der Waals surface area contributed by atoms with Gasteiger partial charge in [-0.3, -0.25) is 0 Å². The largest absolute Gasteiger partial charge is 0.373 e. The van der Waals surface area contributed by atoms with Gasteiger partial charge in [-0.1, -0.05) is 27.7 Å². The van der Waals surface area contributed by atoms with Gasteiger partial charge in [-0.05, 0) is 25.7 Å². The predicted octanol–water partition coefficient (Wildman–Crippen LogP) is 3.51. The van der Waals surface area contributed by atoms with Gasteiger partial charge in [-0.2, -0.15) is 0 Å². The van der Waals surface area contributed by atoms with Crippen molar-refractivity contribution in [2.45, 2.75) is 54.1 Å². The van der Waals surface area contributed by atoms with Gasteiger partial charge >= 0.3 is 0 Å². The molecule has 0 saturated heterocycles. The zero-order chi connectivity index (χ0) is 14.6. The molecule has 1 aromatic rings. The molecule has 19 heavy (non-hydrogen) atoms. The molecule has 1 unspecified atom stereocenters. The number of hydrogen-bond acceptors (Lipinski definition) is 4. The summed E-state index contributed by atoms with van der Waals surface area (Å²) in [6.45, 7) is 13.5. The molecule has 4 nitrogen and oxygen atoms in total. The molecular weight excluding hydrogens is 238 g/mol. The number of nitrogens with one attached hydrogen (secondary N) is 1. The molecule has 0 spiro atoms. The Bertz CT molecular complexity index is 424. The molecule has 1 atom stereocenters. The van der Waals surface area contributed by atoms with E-state index in [9.17, 15) is 0 Å². The van der Waals surface area contributed by atoms with Gasteiger partial charge in [0.2, 0.25) is 0 Å². The summed E-state index contributed by atoms with van der Waals surface area (Å²) in [5.41, 5.74) is 2.20. The standard InChI is InChI=1S/C15H27N3O/c1-8-11-10(3)13(16-9-2)18-14(17-11)12(19-7)15(4,5)6/h12H,8-9H2,1-7H3,(H,16,17,18). The van der Waals surface area contributed by atoms with Crippen LogP contribution >= 0.6 is 0 Å². The van der Waals surface area contributed by atoms with Gasteiger partial charge < -0.3 is 10.1 Å². The van der Waals surface area contributed by atoms with E-state index in [0.29, 0.717) is 0 Å². The molecule has 0 aliphatic carbocycles. The highest BCUT2D eigenvalue weighted by Gasteiger charge is 2.29. The van der Waals surface area contributed by atoms with E-state index in [0.717, 1.165) is 35.9 Å². The molecule has 1 rings (SSSR count). The van der Waals surface area contributed by atoms with Crippen molar-refractivity contribution in [1.29, 1.82) is 0 Å². The molecule has 1 aromatic heterocycles. The Balaban J connectivity index is 3.31. The topological polar surface area (TPSA) is 47.0 Å². The Labute approximate surface area is 117 Å². The van der Waals surface area contributed by atoms with E-state index in [1.165, 1.54) is 0 Å². The Morgan fingerprint density at radius 1 is 1.21 bits per heavy atom. The van der Waals surface area contributed by atoms with Crippen LogP contribution in [-0.4, -0.2) is 23.6 Å². The number of aryl methyl sites for hydroxylation is 1. The van der Waals surface area contributed by atoms with Crippen LogP contribution in [0.3, 0.4) is 0 Å². The molecule has 4 heteroatoms. The lowest BCUT2D eigenvalue weighted by molar-refractivity contribution is 0.00859. The average molecular weight is 265 g/mol. The minimum absolute atomic E-state index is 0.0293. The maximum Gasteiger partial charge on any atom is 0.160 e. The van der Waals surface area contributed by atoms with Gasteiger partial charge in [0.25, 0.3) is 0 Å². The summed E-state index contributed by atoms with van der Waals surface area (Å²) in [4.78, 5) is 9.36. The zero-order valence-electron chi connectivity index (χ0n) is 13.3. The van der Waals surface area contributed by atoms with Crippen molar-refractivity contribution in [2.24, 2.45) is 5.41 Å². The summed E-state index contributed by atoms with van der Waals surface area (Å²) in [7, 11) is 1.72.